The standard InChI is InChI=1S/C30H43NO2/c1-20(19-33-18-15-21-7-5-4-6-8-21)23-11-12-24-22-9-10-26-28(31)27(32)14-17-30(26,3)25(22)13-16-29(23,24)2/h4-8,20,22-25H,9-19,31H2,1-3H3/t20-,22+,23-,24+,25+,29-,30-/m1/s1. The fourth-order valence-electron chi connectivity index (χ4n) is 8.95. The minimum atomic E-state index is 0.159. The van der Waals surface area contributed by atoms with Crippen LogP contribution in [0.4, 0.5) is 0 Å². The summed E-state index contributed by atoms with van der Waals surface area (Å²) < 4.78 is 6.20. The lowest BCUT2D eigenvalue weighted by Gasteiger charge is -2.58. The van der Waals surface area contributed by atoms with E-state index < -0.39 is 0 Å². The number of hydrogen-bond donors (Lipinski definition) is 1. The third-order valence-corrected chi connectivity index (χ3v) is 10.7. The number of fused-ring (bicyclic) bond motifs is 5. The topological polar surface area (TPSA) is 52.3 Å². The predicted octanol–water partition coefficient (Wildman–Crippen LogP) is 6.32. The largest absolute Gasteiger partial charge is 0.396 e. The van der Waals surface area contributed by atoms with Crippen LogP contribution in [0.5, 0.6) is 0 Å². The molecule has 4 aliphatic carbocycles. The molecule has 3 nitrogen and oxygen atoms in total. The molecule has 1 aromatic rings. The minimum Gasteiger partial charge on any atom is -0.396 e. The summed E-state index contributed by atoms with van der Waals surface area (Å²) in [5, 5.41) is 0. The molecule has 0 aromatic heterocycles. The van der Waals surface area contributed by atoms with E-state index >= 15 is 0 Å². The Morgan fingerprint density at radius 3 is 2.61 bits per heavy atom. The molecule has 5 rings (SSSR count). The molecule has 1 aromatic carbocycles. The number of allylic oxidation sites excluding steroid dienone is 1. The van der Waals surface area contributed by atoms with Gasteiger partial charge in [0.15, 0.2) is 5.78 Å². The second-order valence-electron chi connectivity index (χ2n) is 12.2. The van der Waals surface area contributed by atoms with Crippen molar-refractivity contribution in [3.05, 3.63) is 47.2 Å². The number of benzene rings is 1. The van der Waals surface area contributed by atoms with Crippen molar-refractivity contribution in [3.63, 3.8) is 0 Å². The Kier molecular flexibility index (Phi) is 6.22. The second kappa shape index (κ2) is 8.87. The van der Waals surface area contributed by atoms with Crippen molar-refractivity contribution < 1.29 is 9.53 Å². The second-order valence-corrected chi connectivity index (χ2v) is 12.2. The average molecular weight is 450 g/mol. The van der Waals surface area contributed by atoms with Gasteiger partial charge in [0.05, 0.1) is 12.3 Å². The number of rotatable bonds is 6. The molecule has 3 fully saturated rings. The minimum absolute atomic E-state index is 0.159. The van der Waals surface area contributed by atoms with Gasteiger partial charge in [-0.05, 0) is 103 Å². The molecule has 3 heteroatoms. The molecule has 180 valence electrons. The van der Waals surface area contributed by atoms with Gasteiger partial charge in [-0.1, -0.05) is 51.1 Å². The molecule has 0 unspecified atom stereocenters. The average Bonchev–Trinajstić information content (AvgIpc) is 3.17. The maximum absolute atomic E-state index is 12.3. The van der Waals surface area contributed by atoms with E-state index in [2.05, 4.69) is 51.1 Å². The Morgan fingerprint density at radius 1 is 1.03 bits per heavy atom. The third-order valence-electron chi connectivity index (χ3n) is 10.7. The summed E-state index contributed by atoms with van der Waals surface area (Å²) in [6.07, 6.45) is 10.3. The van der Waals surface area contributed by atoms with Crippen molar-refractivity contribution in [1.29, 1.82) is 0 Å². The maximum atomic E-state index is 12.3. The van der Waals surface area contributed by atoms with E-state index in [0.717, 1.165) is 50.2 Å². The number of carbonyl (C=O) groups is 1. The molecule has 7 atom stereocenters. The molecule has 0 aliphatic heterocycles. The van der Waals surface area contributed by atoms with E-state index in [1.54, 1.807) is 0 Å². The lowest BCUT2D eigenvalue weighted by Crippen LogP contribution is -2.52. The van der Waals surface area contributed by atoms with Gasteiger partial charge in [0.1, 0.15) is 0 Å². The van der Waals surface area contributed by atoms with Crippen LogP contribution in [-0.4, -0.2) is 19.0 Å². The molecule has 4 aliphatic rings. The van der Waals surface area contributed by atoms with Crippen LogP contribution in [0.3, 0.4) is 0 Å². The Balaban J connectivity index is 1.24. The molecule has 33 heavy (non-hydrogen) atoms. The van der Waals surface area contributed by atoms with E-state index in [-0.39, 0.29) is 11.2 Å². The van der Waals surface area contributed by atoms with Crippen molar-refractivity contribution in [2.75, 3.05) is 13.2 Å². The van der Waals surface area contributed by atoms with Gasteiger partial charge in [-0.15, -0.1) is 0 Å². The van der Waals surface area contributed by atoms with Crippen molar-refractivity contribution in [2.24, 2.45) is 46.2 Å². The molecule has 0 saturated heterocycles. The zero-order valence-corrected chi connectivity index (χ0v) is 20.9. The maximum Gasteiger partial charge on any atom is 0.178 e. The van der Waals surface area contributed by atoms with Gasteiger partial charge in [-0.2, -0.15) is 0 Å². The summed E-state index contributed by atoms with van der Waals surface area (Å²) in [4.78, 5) is 12.3. The Bertz CT molecular complexity index is 907. The van der Waals surface area contributed by atoms with Gasteiger partial charge < -0.3 is 10.5 Å². The quantitative estimate of drug-likeness (QED) is 0.517. The van der Waals surface area contributed by atoms with Gasteiger partial charge in [0.25, 0.3) is 0 Å². The Morgan fingerprint density at radius 2 is 1.82 bits per heavy atom. The monoisotopic (exact) mass is 449 g/mol. The van der Waals surface area contributed by atoms with Crippen molar-refractivity contribution in [1.82, 2.24) is 0 Å². The summed E-state index contributed by atoms with van der Waals surface area (Å²) >= 11 is 0. The summed E-state index contributed by atoms with van der Waals surface area (Å²) in [6, 6.07) is 10.7. The molecule has 0 radical (unpaired) electrons. The molecular weight excluding hydrogens is 406 g/mol. The van der Waals surface area contributed by atoms with Gasteiger partial charge in [0.2, 0.25) is 0 Å². The molecule has 0 bridgehead atoms. The summed E-state index contributed by atoms with van der Waals surface area (Å²) in [5.74, 6) is 3.92. The highest BCUT2D eigenvalue weighted by Crippen LogP contribution is 2.67. The number of ether oxygens (including phenoxy) is 1. The molecule has 2 N–H and O–H groups in total. The fraction of sp³-hybridized carbons (Fsp3) is 0.700. The van der Waals surface area contributed by atoms with E-state index in [0.29, 0.717) is 29.4 Å². The Labute approximate surface area is 200 Å². The van der Waals surface area contributed by atoms with Crippen molar-refractivity contribution in [2.45, 2.75) is 78.6 Å². The summed E-state index contributed by atoms with van der Waals surface area (Å²) in [6.45, 7) is 9.19. The van der Waals surface area contributed by atoms with E-state index in [1.165, 1.54) is 43.2 Å². The van der Waals surface area contributed by atoms with E-state index in [1.807, 2.05) is 0 Å². The van der Waals surface area contributed by atoms with Crippen LogP contribution in [0, 0.1) is 40.4 Å². The molecule has 3 saturated carbocycles. The normalized spacial score (nSPS) is 39.1. The first-order chi connectivity index (χ1) is 15.8. The molecule has 0 heterocycles. The van der Waals surface area contributed by atoms with Crippen molar-refractivity contribution >= 4 is 5.78 Å². The first kappa shape index (κ1) is 23.1. The summed E-state index contributed by atoms with van der Waals surface area (Å²) in [5.41, 5.74) is 10.3. The van der Waals surface area contributed by atoms with Crippen LogP contribution >= 0.6 is 0 Å². The van der Waals surface area contributed by atoms with E-state index in [9.17, 15) is 4.79 Å². The smallest absolute Gasteiger partial charge is 0.178 e. The van der Waals surface area contributed by atoms with Gasteiger partial charge in [0, 0.05) is 13.0 Å². The highest BCUT2D eigenvalue weighted by atomic mass is 16.5. The zero-order valence-electron chi connectivity index (χ0n) is 20.9. The molecular formula is C30H43NO2. The SMILES string of the molecule is C[C@H](COCCc1ccccc1)[C@H]1CC[C@H]2[C@@H]3CCC4=C(N)C(=O)CC[C@]4(C)[C@H]3CC[C@]12C. The van der Waals surface area contributed by atoms with Crippen LogP contribution in [0.25, 0.3) is 0 Å². The number of hydrogen-bond acceptors (Lipinski definition) is 3. The number of carbonyl (C=O) groups excluding carboxylic acids is 1. The first-order valence-electron chi connectivity index (χ1n) is 13.5. The Hall–Kier alpha value is -1.61. The highest BCUT2D eigenvalue weighted by molar-refractivity contribution is 5.96. The van der Waals surface area contributed by atoms with Gasteiger partial charge in [-0.25, -0.2) is 0 Å². The lowest BCUT2D eigenvalue weighted by molar-refractivity contribution is -0.119. The number of Topliss-reactive ketones (excluding diaryl/α,β-unsaturated/α-hetero) is 1. The van der Waals surface area contributed by atoms with Crippen LogP contribution in [0.1, 0.15) is 77.7 Å². The highest BCUT2D eigenvalue weighted by Gasteiger charge is 2.60. The molecule has 0 spiro atoms. The first-order valence-corrected chi connectivity index (χ1v) is 13.5. The number of nitrogens with two attached hydrogens (primary N) is 1. The fourth-order valence-corrected chi connectivity index (χ4v) is 8.95. The van der Waals surface area contributed by atoms with Gasteiger partial charge >= 0.3 is 0 Å². The van der Waals surface area contributed by atoms with Crippen LogP contribution in [0.2, 0.25) is 0 Å². The lowest BCUT2D eigenvalue weighted by atomic mass is 9.46. The zero-order chi connectivity index (χ0) is 23.2. The molecule has 0 amide bonds. The summed E-state index contributed by atoms with van der Waals surface area (Å²) in [7, 11) is 0. The third kappa shape index (κ3) is 3.89. The van der Waals surface area contributed by atoms with Crippen LogP contribution < -0.4 is 5.73 Å². The van der Waals surface area contributed by atoms with E-state index in [4.69, 9.17) is 10.5 Å². The van der Waals surface area contributed by atoms with Crippen molar-refractivity contribution in [3.8, 4) is 0 Å². The van der Waals surface area contributed by atoms with Gasteiger partial charge in [-0.3, -0.25) is 4.79 Å². The van der Waals surface area contributed by atoms with Crippen LogP contribution in [-0.2, 0) is 16.0 Å². The predicted molar refractivity (Wildman–Crippen MR) is 133 cm³/mol. The van der Waals surface area contributed by atoms with Crippen LogP contribution in [0.15, 0.2) is 41.6 Å². The number of ketones is 1.